The number of nitrogens with zero attached hydrogens (tertiary/aromatic N) is 3. The lowest BCUT2D eigenvalue weighted by Crippen LogP contribution is -2.41. The van der Waals surface area contributed by atoms with Crippen LogP contribution >= 0.6 is 0 Å². The van der Waals surface area contributed by atoms with E-state index in [-0.39, 0.29) is 12.3 Å². The second-order valence-corrected chi connectivity index (χ2v) is 9.21. The number of pyridine rings is 1. The van der Waals surface area contributed by atoms with Crippen LogP contribution in [-0.2, 0) is 5.54 Å². The predicted molar refractivity (Wildman–Crippen MR) is 117 cm³/mol. The van der Waals surface area contributed by atoms with Crippen molar-refractivity contribution in [3.05, 3.63) is 46.8 Å². The number of rotatable bonds is 3. The first-order valence-electron chi connectivity index (χ1n) is 10.6. The van der Waals surface area contributed by atoms with Crippen LogP contribution in [0.5, 0.6) is 11.5 Å². The quantitative estimate of drug-likeness (QED) is 0.612. The molecule has 9 nitrogen and oxygen atoms in total. The second kappa shape index (κ2) is 7.22. The minimum Gasteiger partial charge on any atom is -0.454 e. The first-order chi connectivity index (χ1) is 15.2. The fourth-order valence-corrected chi connectivity index (χ4v) is 3.83. The summed E-state index contributed by atoms with van der Waals surface area (Å²) >= 11 is 0. The highest BCUT2D eigenvalue weighted by atomic mass is 16.7. The number of hydrogen-bond acceptors (Lipinski definition) is 6. The molecule has 9 heteroatoms. The molecule has 2 amide bonds. The van der Waals surface area contributed by atoms with Crippen LogP contribution in [-0.4, -0.2) is 33.4 Å². The Morgan fingerprint density at radius 1 is 1.06 bits per heavy atom. The molecule has 1 fully saturated rings. The van der Waals surface area contributed by atoms with E-state index >= 15 is 0 Å². The summed E-state index contributed by atoms with van der Waals surface area (Å²) in [4.78, 5) is 30.6. The van der Waals surface area contributed by atoms with Crippen LogP contribution in [0.1, 0.15) is 71.6 Å². The summed E-state index contributed by atoms with van der Waals surface area (Å²) in [5.41, 5.74) is 7.84. The topological polar surface area (TPSA) is 107 Å². The van der Waals surface area contributed by atoms with Gasteiger partial charge in [0.15, 0.2) is 17.1 Å². The largest absolute Gasteiger partial charge is 0.454 e. The molecule has 1 saturated carbocycles. The van der Waals surface area contributed by atoms with E-state index in [1.165, 1.54) is 0 Å². The van der Waals surface area contributed by atoms with E-state index in [2.05, 4.69) is 36.7 Å². The van der Waals surface area contributed by atoms with Crippen molar-refractivity contribution in [2.45, 2.75) is 52.0 Å². The van der Waals surface area contributed by atoms with Gasteiger partial charge in [-0.3, -0.25) is 20.4 Å². The van der Waals surface area contributed by atoms with E-state index in [4.69, 9.17) is 14.5 Å². The number of benzene rings is 1. The molecule has 2 N–H and O–H groups in total. The summed E-state index contributed by atoms with van der Waals surface area (Å²) in [5, 5.41) is 5.36. The molecule has 1 aliphatic carbocycles. The number of carbonyl (C=O) groups is 2. The Balaban J connectivity index is 1.44. The number of fused-ring (bicyclic) bond motifs is 2. The number of hydrazine groups is 1. The number of carbonyl (C=O) groups excluding carboxylic acids is 2. The zero-order valence-corrected chi connectivity index (χ0v) is 18.5. The maximum absolute atomic E-state index is 13.2. The molecule has 1 aliphatic heterocycles. The first kappa shape index (κ1) is 20.3. The summed E-state index contributed by atoms with van der Waals surface area (Å²) < 4.78 is 12.4. The number of nitrogens with one attached hydrogen (secondary N) is 2. The van der Waals surface area contributed by atoms with Gasteiger partial charge in [-0.15, -0.1) is 0 Å². The Morgan fingerprint density at radius 2 is 1.78 bits per heavy atom. The predicted octanol–water partition coefficient (Wildman–Crippen LogP) is 3.18. The molecular formula is C23H25N5O4. The molecule has 3 aromatic rings. The van der Waals surface area contributed by atoms with Gasteiger partial charge < -0.3 is 9.47 Å². The minimum atomic E-state index is -0.452. The zero-order valence-electron chi connectivity index (χ0n) is 18.5. The SMILES string of the molecule is Cc1nn(C(C)(C)C)c2nc(C3CC3)cc(C(=O)NNC(=O)c3ccc4c(c3)OCO4)c12. The van der Waals surface area contributed by atoms with Crippen molar-refractivity contribution in [1.82, 2.24) is 25.6 Å². The van der Waals surface area contributed by atoms with Gasteiger partial charge in [-0.2, -0.15) is 5.10 Å². The molecule has 5 rings (SSSR count). The van der Waals surface area contributed by atoms with Crippen LogP contribution in [0.3, 0.4) is 0 Å². The van der Waals surface area contributed by atoms with E-state index in [1.807, 2.05) is 17.7 Å². The Hall–Kier alpha value is -3.62. The third kappa shape index (κ3) is 3.53. The lowest BCUT2D eigenvalue weighted by molar-refractivity contribution is 0.0847. The van der Waals surface area contributed by atoms with Gasteiger partial charge in [-0.1, -0.05) is 0 Å². The average molecular weight is 435 g/mol. The van der Waals surface area contributed by atoms with Gasteiger partial charge in [-0.05, 0) is 64.8 Å². The summed E-state index contributed by atoms with van der Waals surface area (Å²) in [6.45, 7) is 8.15. The van der Waals surface area contributed by atoms with Crippen LogP contribution < -0.4 is 20.3 Å². The van der Waals surface area contributed by atoms with Crippen LogP contribution in [0.4, 0.5) is 0 Å². The van der Waals surface area contributed by atoms with Crippen LogP contribution in [0.2, 0.25) is 0 Å². The number of hydrogen-bond donors (Lipinski definition) is 2. The van der Waals surface area contributed by atoms with Gasteiger partial charge in [0.1, 0.15) is 0 Å². The van der Waals surface area contributed by atoms with E-state index in [1.54, 1.807) is 18.2 Å². The molecule has 0 spiro atoms. The standard InChI is InChI=1S/C23H25N5O4/c1-12-19-15(10-16(13-5-6-13)24-20(19)28(27-12)23(2,3)4)22(30)26-25-21(29)14-7-8-17-18(9-14)32-11-31-17/h7-10,13H,5-6,11H2,1-4H3,(H,25,29)(H,26,30). The molecule has 32 heavy (non-hydrogen) atoms. The molecular weight excluding hydrogens is 410 g/mol. The van der Waals surface area contributed by atoms with E-state index in [0.29, 0.717) is 39.6 Å². The minimum absolute atomic E-state index is 0.125. The molecule has 0 unspecified atom stereocenters. The number of amides is 2. The van der Waals surface area contributed by atoms with E-state index in [0.717, 1.165) is 24.2 Å². The first-order valence-corrected chi connectivity index (χ1v) is 10.6. The highest BCUT2D eigenvalue weighted by molar-refractivity contribution is 6.07. The van der Waals surface area contributed by atoms with Gasteiger partial charge in [0, 0.05) is 17.2 Å². The summed E-state index contributed by atoms with van der Waals surface area (Å²) in [6.07, 6.45) is 2.12. The third-order valence-electron chi connectivity index (χ3n) is 5.63. The Labute approximate surface area is 185 Å². The smallest absolute Gasteiger partial charge is 0.270 e. The highest BCUT2D eigenvalue weighted by Gasteiger charge is 2.30. The second-order valence-electron chi connectivity index (χ2n) is 9.21. The fraction of sp³-hybridized carbons (Fsp3) is 0.391. The van der Waals surface area contributed by atoms with Crippen LogP contribution in [0, 0.1) is 6.92 Å². The van der Waals surface area contributed by atoms with Crippen LogP contribution in [0.15, 0.2) is 24.3 Å². The molecule has 2 aromatic heterocycles. The van der Waals surface area contributed by atoms with Gasteiger partial charge >= 0.3 is 0 Å². The maximum Gasteiger partial charge on any atom is 0.270 e. The van der Waals surface area contributed by atoms with Gasteiger partial charge in [-0.25, -0.2) is 9.67 Å². The van der Waals surface area contributed by atoms with E-state index in [9.17, 15) is 9.59 Å². The van der Waals surface area contributed by atoms with Crippen molar-refractivity contribution in [1.29, 1.82) is 0 Å². The van der Waals surface area contributed by atoms with Gasteiger partial charge in [0.2, 0.25) is 6.79 Å². The molecule has 0 radical (unpaired) electrons. The Bertz CT molecular complexity index is 1250. The van der Waals surface area contributed by atoms with Crippen molar-refractivity contribution in [3.63, 3.8) is 0 Å². The lowest BCUT2D eigenvalue weighted by Gasteiger charge is -2.20. The average Bonchev–Trinajstić information content (AvgIpc) is 3.40. The molecule has 2 aliphatic rings. The highest BCUT2D eigenvalue weighted by Crippen LogP contribution is 2.41. The molecule has 166 valence electrons. The monoisotopic (exact) mass is 435 g/mol. The van der Waals surface area contributed by atoms with Crippen molar-refractivity contribution < 1.29 is 19.1 Å². The third-order valence-corrected chi connectivity index (χ3v) is 5.63. The summed E-state index contributed by atoms with van der Waals surface area (Å²) in [6, 6.07) is 6.68. The van der Waals surface area contributed by atoms with Gasteiger partial charge in [0.25, 0.3) is 11.8 Å². The summed E-state index contributed by atoms with van der Waals surface area (Å²) in [5.74, 6) is 0.581. The maximum atomic E-state index is 13.2. The van der Waals surface area contributed by atoms with E-state index < -0.39 is 11.8 Å². The fourth-order valence-electron chi connectivity index (χ4n) is 3.83. The Kier molecular flexibility index (Phi) is 4.58. The van der Waals surface area contributed by atoms with Crippen LogP contribution in [0.25, 0.3) is 11.0 Å². The van der Waals surface area contributed by atoms with Crippen molar-refractivity contribution >= 4 is 22.8 Å². The summed E-state index contributed by atoms with van der Waals surface area (Å²) in [7, 11) is 0. The normalized spacial score (nSPS) is 15.1. The molecule has 1 aromatic carbocycles. The molecule has 3 heterocycles. The molecule has 0 bridgehead atoms. The van der Waals surface area contributed by atoms with Crippen molar-refractivity contribution in [2.24, 2.45) is 0 Å². The lowest BCUT2D eigenvalue weighted by atomic mass is 10.1. The molecule has 0 saturated heterocycles. The van der Waals surface area contributed by atoms with Crippen molar-refractivity contribution in [3.8, 4) is 11.5 Å². The number of ether oxygens (including phenoxy) is 2. The zero-order chi connectivity index (χ0) is 22.6. The number of aromatic nitrogens is 3. The number of aryl methyl sites for hydroxylation is 1. The van der Waals surface area contributed by atoms with Gasteiger partial charge in [0.05, 0.1) is 22.2 Å². The van der Waals surface area contributed by atoms with Crippen molar-refractivity contribution in [2.75, 3.05) is 6.79 Å². The molecule has 0 atom stereocenters. The Morgan fingerprint density at radius 3 is 2.50 bits per heavy atom.